The normalized spacial score (nSPS) is 11.3. The zero-order chi connectivity index (χ0) is 21.0. The molecule has 0 aliphatic heterocycles. The Morgan fingerprint density at radius 2 is 1.90 bits per heavy atom. The Labute approximate surface area is 184 Å². The van der Waals surface area contributed by atoms with Gasteiger partial charge in [-0.2, -0.15) is 0 Å². The fourth-order valence-electron chi connectivity index (χ4n) is 2.87. The highest BCUT2D eigenvalue weighted by Gasteiger charge is 2.12. The maximum absolute atomic E-state index is 10.3. The molecule has 0 fully saturated rings. The lowest BCUT2D eigenvalue weighted by Gasteiger charge is -2.12. The monoisotopic (exact) mass is 446 g/mol. The quantitative estimate of drug-likeness (QED) is 0.326. The first kappa shape index (κ1) is 21.5. The van der Waals surface area contributed by atoms with Gasteiger partial charge in [0.2, 0.25) is 0 Å². The summed E-state index contributed by atoms with van der Waals surface area (Å²) in [7, 11) is 0. The highest BCUT2D eigenvalue weighted by molar-refractivity contribution is 7.98. The van der Waals surface area contributed by atoms with Crippen LogP contribution in [-0.2, 0) is 12.2 Å². The van der Waals surface area contributed by atoms with Crippen molar-refractivity contribution >= 4 is 46.9 Å². The molecule has 0 bridgehead atoms. The van der Waals surface area contributed by atoms with Crippen LogP contribution >= 0.6 is 35.0 Å². The molecule has 0 unspecified atom stereocenters. The first-order chi connectivity index (χ1) is 13.9. The van der Waals surface area contributed by atoms with E-state index in [0.29, 0.717) is 22.0 Å². The Bertz CT molecular complexity index is 1070. The second-order valence-corrected chi connectivity index (χ2v) is 8.25. The minimum atomic E-state index is -0.0567. The Hall–Kier alpha value is -2.21. The number of thioether (sulfide) groups is 1. The lowest BCUT2D eigenvalue weighted by atomic mass is 10.1. The van der Waals surface area contributed by atoms with Gasteiger partial charge in [-0.3, -0.25) is 9.98 Å². The summed E-state index contributed by atoms with van der Waals surface area (Å²) in [6.45, 7) is 3.82. The molecule has 0 saturated heterocycles. The molecule has 3 rings (SSSR count). The molecule has 0 aliphatic carbocycles. The van der Waals surface area contributed by atoms with Gasteiger partial charge >= 0.3 is 0 Å². The zero-order valence-corrected chi connectivity index (χ0v) is 18.3. The lowest BCUT2D eigenvalue weighted by Crippen LogP contribution is -1.96. The van der Waals surface area contributed by atoms with Gasteiger partial charge in [-0.05, 0) is 43.2 Å². The fraction of sp³-hybridized carbons (Fsp3) is 0.182. The summed E-state index contributed by atoms with van der Waals surface area (Å²) < 4.78 is 0. The van der Waals surface area contributed by atoms with Crippen LogP contribution in [0.25, 0.3) is 0 Å². The molecule has 0 saturated carbocycles. The van der Waals surface area contributed by atoms with E-state index in [1.165, 1.54) is 6.07 Å². The van der Waals surface area contributed by atoms with Crippen molar-refractivity contribution in [3.8, 4) is 11.5 Å². The number of rotatable bonds is 6. The zero-order valence-electron chi connectivity index (χ0n) is 16.0. The second-order valence-electron chi connectivity index (χ2n) is 6.39. The number of pyridine rings is 1. The van der Waals surface area contributed by atoms with Crippen LogP contribution in [0.4, 0.5) is 5.69 Å². The van der Waals surface area contributed by atoms with Gasteiger partial charge in [-0.15, -0.1) is 11.8 Å². The number of para-hydroxylation sites is 1. The lowest BCUT2D eigenvalue weighted by molar-refractivity contribution is 0.460. The van der Waals surface area contributed by atoms with Crippen LogP contribution in [0.5, 0.6) is 11.5 Å². The molecule has 0 amide bonds. The maximum Gasteiger partial charge on any atom is 0.143 e. The Balaban J connectivity index is 1.85. The van der Waals surface area contributed by atoms with E-state index >= 15 is 0 Å². The first-order valence-corrected chi connectivity index (χ1v) is 10.7. The SMILES string of the molecule is CCc1c(CSc2ccccc2/N=C/c2cc(Cl)cc(Cl)c2O)cnc(C)c1O. The fourth-order valence-corrected chi connectivity index (χ4v) is 4.38. The summed E-state index contributed by atoms with van der Waals surface area (Å²) in [5, 5.41) is 21.0. The summed E-state index contributed by atoms with van der Waals surface area (Å²) >= 11 is 13.6. The third-order valence-electron chi connectivity index (χ3n) is 4.43. The number of hydrogen-bond acceptors (Lipinski definition) is 5. The summed E-state index contributed by atoms with van der Waals surface area (Å²) in [4.78, 5) is 9.77. The van der Waals surface area contributed by atoms with Gasteiger partial charge in [0.25, 0.3) is 0 Å². The molecular weight excluding hydrogens is 427 g/mol. The number of aromatic nitrogens is 1. The Morgan fingerprint density at radius 3 is 2.66 bits per heavy atom. The van der Waals surface area contributed by atoms with E-state index in [1.807, 2.05) is 37.4 Å². The van der Waals surface area contributed by atoms with Gasteiger partial charge in [0, 0.05) is 39.2 Å². The molecule has 0 atom stereocenters. The number of hydrogen-bond donors (Lipinski definition) is 2. The topological polar surface area (TPSA) is 65.7 Å². The van der Waals surface area contributed by atoms with Crippen LogP contribution in [0.1, 0.15) is 29.3 Å². The minimum Gasteiger partial charge on any atom is -0.506 e. The van der Waals surface area contributed by atoms with Crippen molar-refractivity contribution in [1.82, 2.24) is 4.98 Å². The number of phenolic OH excluding ortho intramolecular Hbond substituents is 1. The number of benzene rings is 2. The van der Waals surface area contributed by atoms with Crippen molar-refractivity contribution in [2.75, 3.05) is 0 Å². The van der Waals surface area contributed by atoms with Crippen LogP contribution in [0.15, 0.2) is 52.5 Å². The molecule has 4 nitrogen and oxygen atoms in total. The molecule has 150 valence electrons. The van der Waals surface area contributed by atoms with E-state index in [9.17, 15) is 10.2 Å². The smallest absolute Gasteiger partial charge is 0.143 e. The predicted molar refractivity (Wildman–Crippen MR) is 121 cm³/mol. The van der Waals surface area contributed by atoms with E-state index in [2.05, 4.69) is 9.98 Å². The van der Waals surface area contributed by atoms with Crippen molar-refractivity contribution < 1.29 is 10.2 Å². The number of halogens is 2. The second kappa shape index (κ2) is 9.53. The predicted octanol–water partition coefficient (Wildman–Crippen LogP) is 6.71. The van der Waals surface area contributed by atoms with E-state index in [0.717, 1.165) is 28.1 Å². The Morgan fingerprint density at radius 1 is 1.14 bits per heavy atom. The molecule has 0 aliphatic rings. The van der Waals surface area contributed by atoms with Gasteiger partial charge < -0.3 is 10.2 Å². The van der Waals surface area contributed by atoms with E-state index in [-0.39, 0.29) is 16.5 Å². The summed E-state index contributed by atoms with van der Waals surface area (Å²) in [6, 6.07) is 10.8. The number of nitrogens with zero attached hydrogens (tertiary/aromatic N) is 2. The number of phenols is 1. The van der Waals surface area contributed by atoms with Crippen LogP contribution in [-0.4, -0.2) is 21.4 Å². The standard InChI is InChI=1S/C22H20Cl2N2O2S/c1-3-17-15(11-25-13(2)21(17)27)12-29-20-7-5-4-6-19(20)26-10-14-8-16(23)9-18(24)22(14)28/h4-11,27-28H,3,12H2,1-2H3/b26-10+. The van der Waals surface area contributed by atoms with Gasteiger partial charge in [0.15, 0.2) is 0 Å². The minimum absolute atomic E-state index is 0.0567. The van der Waals surface area contributed by atoms with Crippen LogP contribution in [0.3, 0.4) is 0 Å². The summed E-state index contributed by atoms with van der Waals surface area (Å²) in [5.74, 6) is 0.870. The highest BCUT2D eigenvalue weighted by Crippen LogP contribution is 2.35. The van der Waals surface area contributed by atoms with Crippen LogP contribution < -0.4 is 0 Å². The van der Waals surface area contributed by atoms with E-state index in [4.69, 9.17) is 23.2 Å². The maximum atomic E-state index is 10.3. The molecule has 2 N–H and O–H groups in total. The van der Waals surface area contributed by atoms with Crippen LogP contribution in [0.2, 0.25) is 10.0 Å². The molecule has 1 aromatic heterocycles. The van der Waals surface area contributed by atoms with Crippen molar-refractivity contribution in [3.63, 3.8) is 0 Å². The van der Waals surface area contributed by atoms with Crippen LogP contribution in [0, 0.1) is 6.92 Å². The van der Waals surface area contributed by atoms with E-state index < -0.39 is 0 Å². The largest absolute Gasteiger partial charge is 0.506 e. The highest BCUT2D eigenvalue weighted by atomic mass is 35.5. The average Bonchev–Trinajstić information content (AvgIpc) is 2.71. The molecule has 0 radical (unpaired) electrons. The van der Waals surface area contributed by atoms with Crippen molar-refractivity contribution in [2.45, 2.75) is 30.9 Å². The van der Waals surface area contributed by atoms with Crippen molar-refractivity contribution in [3.05, 3.63) is 75.0 Å². The third-order valence-corrected chi connectivity index (χ3v) is 6.05. The molecule has 7 heteroatoms. The number of aliphatic imine (C=N–C) groups is 1. The van der Waals surface area contributed by atoms with Crippen molar-refractivity contribution in [1.29, 1.82) is 0 Å². The summed E-state index contributed by atoms with van der Waals surface area (Å²) in [5.41, 5.74) is 3.77. The molecule has 0 spiro atoms. The average molecular weight is 447 g/mol. The third kappa shape index (κ3) is 5.04. The molecule has 2 aromatic carbocycles. The van der Waals surface area contributed by atoms with Gasteiger partial charge in [0.05, 0.1) is 16.4 Å². The molecular formula is C22H20Cl2N2O2S. The molecule has 3 aromatic rings. The van der Waals surface area contributed by atoms with Gasteiger partial charge in [-0.25, -0.2) is 0 Å². The van der Waals surface area contributed by atoms with Gasteiger partial charge in [0.1, 0.15) is 11.5 Å². The molecule has 29 heavy (non-hydrogen) atoms. The Kier molecular flexibility index (Phi) is 7.06. The number of aryl methyl sites for hydroxylation is 1. The first-order valence-electron chi connectivity index (χ1n) is 9.01. The van der Waals surface area contributed by atoms with Crippen molar-refractivity contribution in [2.24, 2.45) is 4.99 Å². The summed E-state index contributed by atoms with van der Waals surface area (Å²) in [6.07, 6.45) is 4.10. The molecule has 1 heterocycles. The van der Waals surface area contributed by atoms with Gasteiger partial charge in [-0.1, -0.05) is 42.3 Å². The van der Waals surface area contributed by atoms with E-state index in [1.54, 1.807) is 31.0 Å². The number of aromatic hydroxyl groups is 2.